The summed E-state index contributed by atoms with van der Waals surface area (Å²) in [4.78, 5) is 2.53. The average molecular weight is 255 g/mol. The minimum Gasteiger partial charge on any atom is -0.409 e. The van der Waals surface area contributed by atoms with E-state index in [0.717, 1.165) is 18.9 Å². The topological polar surface area (TPSA) is 61.8 Å². The first kappa shape index (κ1) is 15.3. The van der Waals surface area contributed by atoms with E-state index in [1.807, 2.05) is 13.8 Å². The van der Waals surface area contributed by atoms with E-state index in [1.165, 1.54) is 38.8 Å². The van der Waals surface area contributed by atoms with Crippen LogP contribution in [-0.2, 0) is 0 Å². The Morgan fingerprint density at radius 1 is 1.39 bits per heavy atom. The molecule has 0 radical (unpaired) electrons. The molecule has 0 aromatic rings. The van der Waals surface area contributed by atoms with Crippen molar-refractivity contribution in [3.63, 3.8) is 0 Å². The second-order valence-electron chi connectivity index (χ2n) is 6.17. The molecule has 0 bridgehead atoms. The van der Waals surface area contributed by atoms with Crippen LogP contribution in [-0.4, -0.2) is 35.6 Å². The zero-order chi connectivity index (χ0) is 13.6. The largest absolute Gasteiger partial charge is 0.409 e. The molecule has 0 spiro atoms. The van der Waals surface area contributed by atoms with Crippen molar-refractivity contribution in [1.82, 2.24) is 4.90 Å². The van der Waals surface area contributed by atoms with E-state index in [2.05, 4.69) is 17.0 Å². The van der Waals surface area contributed by atoms with Gasteiger partial charge in [0.05, 0.1) is 0 Å². The molecule has 3 N–H and O–H groups in total. The first-order chi connectivity index (χ1) is 8.49. The number of likely N-dealkylation sites (tertiary alicyclic amines) is 1. The Bertz CT molecular complexity index is 276. The summed E-state index contributed by atoms with van der Waals surface area (Å²) < 4.78 is 0. The summed E-state index contributed by atoms with van der Waals surface area (Å²) in [6, 6.07) is 0. The lowest BCUT2D eigenvalue weighted by Gasteiger charge is -2.27. The molecule has 4 nitrogen and oxygen atoms in total. The van der Waals surface area contributed by atoms with Crippen molar-refractivity contribution in [3.8, 4) is 0 Å². The van der Waals surface area contributed by atoms with Crippen molar-refractivity contribution < 1.29 is 5.21 Å². The third-order valence-corrected chi connectivity index (χ3v) is 4.37. The molecule has 18 heavy (non-hydrogen) atoms. The lowest BCUT2D eigenvalue weighted by atomic mass is 9.88. The van der Waals surface area contributed by atoms with Gasteiger partial charge in [-0.05, 0) is 51.2 Å². The maximum Gasteiger partial charge on any atom is 0.144 e. The first-order valence-electron chi connectivity index (χ1n) is 7.20. The number of hydrogen-bond acceptors (Lipinski definition) is 3. The Balaban J connectivity index is 2.39. The molecule has 1 aliphatic heterocycles. The second-order valence-corrected chi connectivity index (χ2v) is 6.17. The summed E-state index contributed by atoms with van der Waals surface area (Å²) >= 11 is 0. The zero-order valence-electron chi connectivity index (χ0n) is 12.2. The van der Waals surface area contributed by atoms with Crippen LogP contribution in [0.25, 0.3) is 0 Å². The van der Waals surface area contributed by atoms with Crippen LogP contribution in [0.1, 0.15) is 52.9 Å². The zero-order valence-corrected chi connectivity index (χ0v) is 12.2. The highest BCUT2D eigenvalue weighted by Gasteiger charge is 2.25. The first-order valence-corrected chi connectivity index (χ1v) is 7.20. The molecule has 0 saturated carbocycles. The molecule has 1 heterocycles. The quantitative estimate of drug-likeness (QED) is 0.343. The molecule has 0 amide bonds. The Morgan fingerprint density at radius 2 is 2.11 bits per heavy atom. The van der Waals surface area contributed by atoms with Gasteiger partial charge in [0, 0.05) is 5.41 Å². The molecule has 1 rings (SSSR count). The fraction of sp³-hybridized carbons (Fsp3) is 0.929. The summed E-state index contributed by atoms with van der Waals surface area (Å²) in [6.45, 7) is 9.80. The van der Waals surface area contributed by atoms with Gasteiger partial charge in [-0.1, -0.05) is 32.3 Å². The maximum atomic E-state index is 8.77. The van der Waals surface area contributed by atoms with Crippen molar-refractivity contribution in [2.45, 2.75) is 52.9 Å². The van der Waals surface area contributed by atoms with E-state index >= 15 is 0 Å². The number of nitrogens with zero attached hydrogens (tertiary/aromatic N) is 2. The maximum absolute atomic E-state index is 8.77. The highest BCUT2D eigenvalue weighted by Crippen LogP contribution is 2.24. The highest BCUT2D eigenvalue weighted by molar-refractivity contribution is 5.85. The number of nitrogens with two attached hydrogens (primary N) is 1. The summed E-state index contributed by atoms with van der Waals surface area (Å²) in [5, 5.41) is 11.9. The third kappa shape index (κ3) is 4.48. The fourth-order valence-corrected chi connectivity index (χ4v) is 2.56. The van der Waals surface area contributed by atoms with E-state index < -0.39 is 0 Å². The van der Waals surface area contributed by atoms with E-state index in [-0.39, 0.29) is 5.41 Å². The summed E-state index contributed by atoms with van der Waals surface area (Å²) in [5.74, 6) is 1.25. The van der Waals surface area contributed by atoms with Crippen LogP contribution in [0.15, 0.2) is 5.16 Å². The minimum atomic E-state index is -0.217. The molecule has 1 aliphatic rings. The number of oxime groups is 1. The second kappa shape index (κ2) is 6.98. The van der Waals surface area contributed by atoms with Crippen LogP contribution in [0.3, 0.4) is 0 Å². The lowest BCUT2D eigenvalue weighted by Crippen LogP contribution is -2.36. The van der Waals surface area contributed by atoms with Gasteiger partial charge in [0.2, 0.25) is 0 Å². The smallest absolute Gasteiger partial charge is 0.144 e. The molecule has 1 saturated heterocycles. The van der Waals surface area contributed by atoms with Crippen molar-refractivity contribution in [2.75, 3.05) is 19.6 Å². The SMILES string of the molecule is CCC1CCCN(CCC(C)(C)C(N)=NO)CC1. The van der Waals surface area contributed by atoms with Gasteiger partial charge in [-0.3, -0.25) is 0 Å². The number of amidine groups is 1. The highest BCUT2D eigenvalue weighted by atomic mass is 16.4. The summed E-state index contributed by atoms with van der Waals surface area (Å²) in [6.07, 6.45) is 6.25. The van der Waals surface area contributed by atoms with Gasteiger partial charge in [-0.2, -0.15) is 0 Å². The predicted octanol–water partition coefficient (Wildman–Crippen LogP) is 2.66. The van der Waals surface area contributed by atoms with Gasteiger partial charge in [0.25, 0.3) is 0 Å². The molecule has 1 atom stereocenters. The van der Waals surface area contributed by atoms with Crippen molar-refractivity contribution in [1.29, 1.82) is 0 Å². The van der Waals surface area contributed by atoms with Crippen molar-refractivity contribution >= 4 is 5.84 Å². The van der Waals surface area contributed by atoms with Gasteiger partial charge < -0.3 is 15.8 Å². The number of rotatable bonds is 5. The Hall–Kier alpha value is -0.770. The summed E-state index contributed by atoms with van der Waals surface area (Å²) in [5.41, 5.74) is 5.51. The van der Waals surface area contributed by atoms with E-state index in [4.69, 9.17) is 10.9 Å². The molecule has 1 unspecified atom stereocenters. The molecule has 4 heteroatoms. The van der Waals surface area contributed by atoms with Crippen LogP contribution >= 0.6 is 0 Å². The minimum absolute atomic E-state index is 0.217. The van der Waals surface area contributed by atoms with Crippen LogP contribution in [0.2, 0.25) is 0 Å². The van der Waals surface area contributed by atoms with Gasteiger partial charge in [0.15, 0.2) is 0 Å². The van der Waals surface area contributed by atoms with Gasteiger partial charge in [-0.15, -0.1) is 0 Å². The molecular weight excluding hydrogens is 226 g/mol. The lowest BCUT2D eigenvalue weighted by molar-refractivity contribution is 0.245. The number of hydrogen-bond donors (Lipinski definition) is 2. The van der Waals surface area contributed by atoms with Crippen LogP contribution in [0, 0.1) is 11.3 Å². The third-order valence-electron chi connectivity index (χ3n) is 4.37. The Kier molecular flexibility index (Phi) is 5.93. The van der Waals surface area contributed by atoms with E-state index in [9.17, 15) is 0 Å². The van der Waals surface area contributed by atoms with Crippen molar-refractivity contribution in [2.24, 2.45) is 22.2 Å². The van der Waals surface area contributed by atoms with E-state index in [0.29, 0.717) is 5.84 Å². The molecule has 0 aromatic heterocycles. The van der Waals surface area contributed by atoms with Gasteiger partial charge >= 0.3 is 0 Å². The average Bonchev–Trinajstić information content (AvgIpc) is 2.60. The monoisotopic (exact) mass is 255 g/mol. The Labute approximate surface area is 111 Å². The molecule has 0 aromatic carbocycles. The van der Waals surface area contributed by atoms with E-state index in [1.54, 1.807) is 0 Å². The van der Waals surface area contributed by atoms with Crippen LogP contribution in [0.5, 0.6) is 0 Å². The van der Waals surface area contributed by atoms with Crippen LogP contribution in [0.4, 0.5) is 0 Å². The molecule has 0 aliphatic carbocycles. The van der Waals surface area contributed by atoms with Gasteiger partial charge in [0.1, 0.15) is 5.84 Å². The Morgan fingerprint density at radius 3 is 2.72 bits per heavy atom. The molecule has 106 valence electrons. The summed E-state index contributed by atoms with van der Waals surface area (Å²) in [7, 11) is 0. The fourth-order valence-electron chi connectivity index (χ4n) is 2.56. The molecular formula is C14H29N3O. The van der Waals surface area contributed by atoms with Crippen LogP contribution < -0.4 is 5.73 Å². The predicted molar refractivity (Wildman–Crippen MR) is 75.9 cm³/mol. The standard InChI is InChI=1S/C14H29N3O/c1-4-12-6-5-9-17(10-7-12)11-8-14(2,3)13(15)16-18/h12,18H,4-11H2,1-3H3,(H2,15,16). The molecule has 1 fully saturated rings. The van der Waals surface area contributed by atoms with Crippen molar-refractivity contribution in [3.05, 3.63) is 0 Å². The normalized spacial score (nSPS) is 23.9. The van der Waals surface area contributed by atoms with Gasteiger partial charge in [-0.25, -0.2) is 0 Å².